The minimum atomic E-state index is -5.50. The number of fused-ring (bicyclic) bond motifs is 1. The summed E-state index contributed by atoms with van der Waals surface area (Å²) in [6.07, 6.45) is -0.323. The van der Waals surface area contributed by atoms with E-state index in [9.17, 15) is 101 Å². The van der Waals surface area contributed by atoms with Gasteiger partial charge in [-0.05, 0) is 102 Å². The molecule has 105 heavy (non-hydrogen) atoms. The Morgan fingerprint density at radius 3 is 1.70 bits per heavy atom. The van der Waals surface area contributed by atoms with Gasteiger partial charge < -0.3 is 111 Å². The third-order valence-electron chi connectivity index (χ3n) is 17.3. The largest absolute Gasteiger partial charge is 0.481 e. The molecule has 0 saturated carbocycles. The molecule has 0 radical (unpaired) electrons. The third-order valence-corrected chi connectivity index (χ3v) is 19.8. The van der Waals surface area contributed by atoms with Gasteiger partial charge in [-0.25, -0.2) is 9.36 Å². The number of unbranched alkanes of at least 4 members (excludes halogenated alkanes) is 2. The Hall–Kier alpha value is -8.44. The van der Waals surface area contributed by atoms with Gasteiger partial charge in [0.15, 0.2) is 0 Å². The lowest BCUT2D eigenvalue weighted by Crippen LogP contribution is -2.62. The first-order chi connectivity index (χ1) is 49.4. The number of phosphoric acid groups is 1. The van der Waals surface area contributed by atoms with Crippen LogP contribution in [-0.2, 0) is 85.8 Å². The highest BCUT2D eigenvalue weighted by atomic mass is 32.2. The van der Waals surface area contributed by atoms with Crippen molar-refractivity contribution in [1.29, 1.82) is 0 Å². The molecule has 0 unspecified atom stereocenters. The van der Waals surface area contributed by atoms with E-state index in [0.717, 1.165) is 30.4 Å². The number of hydrogen-bond acceptors (Lipinski definition) is 22. The fourth-order valence-corrected chi connectivity index (χ4v) is 14.5. The first kappa shape index (κ1) is 89.0. The molecule has 0 aromatic rings. The highest BCUT2D eigenvalue weighted by molar-refractivity contribution is 8.00. The van der Waals surface area contributed by atoms with Crippen LogP contribution in [-0.4, -0.2) is 260 Å². The highest BCUT2D eigenvalue weighted by Gasteiger charge is 2.46. The fraction of sp³-hybridized carbons (Fsp3) is 0.726. The summed E-state index contributed by atoms with van der Waals surface area (Å²) in [5.74, 6) is -15.3. The highest BCUT2D eigenvalue weighted by Crippen LogP contribution is 2.39. The zero-order valence-electron chi connectivity index (χ0n) is 59.4. The summed E-state index contributed by atoms with van der Waals surface area (Å²) in [6, 6.07) is -13.8. The predicted octanol–water partition coefficient (Wildman–Crippen LogP) is -6.57. The van der Waals surface area contributed by atoms with E-state index in [0.29, 0.717) is 19.3 Å². The van der Waals surface area contributed by atoms with Crippen LogP contribution in [0, 0.1) is 11.8 Å². The van der Waals surface area contributed by atoms with Gasteiger partial charge in [-0.1, -0.05) is 34.1 Å². The van der Waals surface area contributed by atoms with Crippen molar-refractivity contribution in [3.05, 3.63) is 0 Å². The Morgan fingerprint density at radius 2 is 1.12 bits per heavy atom. The van der Waals surface area contributed by atoms with Crippen LogP contribution < -0.4 is 86.3 Å². The number of primary amides is 2. The minimum Gasteiger partial charge on any atom is -0.481 e. The lowest BCUT2D eigenvalue weighted by Gasteiger charge is -2.32. The van der Waals surface area contributed by atoms with E-state index >= 15 is 0 Å². The lowest BCUT2D eigenvalue weighted by molar-refractivity contribution is -0.145. The van der Waals surface area contributed by atoms with Gasteiger partial charge in [-0.15, -0.1) is 0 Å². The molecule has 0 aromatic heterocycles. The minimum absolute atomic E-state index is 0.00268. The number of thioether (sulfide) groups is 1. The normalized spacial score (nSPS) is 19.8. The molecular weight excluding hydrogens is 1440 g/mol. The topological polar surface area (TPSA) is 618 Å². The van der Waals surface area contributed by atoms with Crippen molar-refractivity contribution in [1.82, 2.24) is 78.9 Å². The first-order valence-electron chi connectivity index (χ1n) is 34.7. The molecule has 0 aromatic carbocycles. The number of nitrogens with two attached hydrogens (primary N) is 3. The maximum absolute atomic E-state index is 14.5. The van der Waals surface area contributed by atoms with E-state index in [1.807, 2.05) is 0 Å². The molecule has 4 fully saturated rings. The van der Waals surface area contributed by atoms with Gasteiger partial charge in [-0.2, -0.15) is 24.4 Å². The molecule has 4 aliphatic heterocycles. The van der Waals surface area contributed by atoms with Crippen LogP contribution in [0.3, 0.4) is 0 Å². The second kappa shape index (κ2) is 43.9. The van der Waals surface area contributed by atoms with Gasteiger partial charge in [0.05, 0.1) is 50.8 Å². The van der Waals surface area contributed by atoms with E-state index in [1.165, 1.54) is 4.90 Å². The number of hydrogen-bond donors (Lipinski definition) is 20. The summed E-state index contributed by atoms with van der Waals surface area (Å²) in [5, 5.41) is 42.3. The van der Waals surface area contributed by atoms with Gasteiger partial charge in [0, 0.05) is 42.7 Å². The Kier molecular flexibility index (Phi) is 37.2. The van der Waals surface area contributed by atoms with Crippen molar-refractivity contribution in [2.45, 2.75) is 215 Å². The summed E-state index contributed by atoms with van der Waals surface area (Å²) in [6.45, 7) is 5.49. The SMILES string of the molecule is CC(C)C[C@H](NC(=O)CNC(=O)[C@H](CCC(N)=O)NC(=O)CNC(=O)[C@@H]1CCCN1C(=O)[C@@H](NC(=O)[C@H](CC(=O)O)NC(=O)[C@H](CS)NC(=O)[C@@H]1CCCN1C(=O)[C@H](CC(C)C)NC(=O)[C@H](CCCCN)NC(=O)CNC(=O)CNC(=O)CCCC[C@@H]1SC[C@@H]2NC(=O)N[C@@H]21)[C@@H](C)OP(=O)(O)O)C(N)=O. The smallest absolute Gasteiger partial charge is 0.469 e. The number of likely N-dealkylation sites (tertiary alicyclic amines) is 2. The number of urea groups is 1. The van der Waals surface area contributed by atoms with E-state index in [2.05, 4.69) is 81.7 Å². The molecule has 4 aliphatic rings. The van der Waals surface area contributed by atoms with E-state index < -0.39 is 202 Å². The van der Waals surface area contributed by atoms with E-state index in [1.54, 1.807) is 39.5 Å². The molecular formula is C62H103N18O22PS2. The standard InChI is InChI=1S/C62H103N18O22PS2/c1-31(2)22-36(53(65)89)72-49(86)27-68-54(90)35(17-18-44(64)81)71-48(85)28-69-58(94)41-13-10-21-80(41)61(97)51(33(5)102-103(99,100)101)77-56(92)37(24-50(87)88)73-57(93)39(29-104)75-59(95)42-14-11-20-79(42)60(96)38(23-32(3)4)74-55(91)34(12-8-9-19-63)70-47(84)26-67-46(83)25-66-45(82)16-7-6-15-43-52-40(30-105-43)76-62(98)78-52/h31-43,51-52,104H,6-30,63H2,1-5H3,(H2,64,81)(H2,65,89)(H,66,82)(H,67,83)(H,68,90)(H,69,94)(H,70,84)(H,71,85)(H,72,86)(H,73,93)(H,74,91)(H,75,95)(H,77,92)(H,87,88)(H2,76,78,98)(H2,99,100,101)/t33-,34+,35+,36+,37+,38+,39+,40+,41+,42+,43+,51+,52+/m1/s1. The number of rotatable bonds is 46. The van der Waals surface area contributed by atoms with Crippen LogP contribution in [0.25, 0.3) is 0 Å². The van der Waals surface area contributed by atoms with Crippen LogP contribution in [0.15, 0.2) is 0 Å². The number of amides is 17. The van der Waals surface area contributed by atoms with Crippen molar-refractivity contribution < 1.29 is 105 Å². The van der Waals surface area contributed by atoms with Gasteiger partial charge in [-0.3, -0.25) is 81.2 Å². The van der Waals surface area contributed by atoms with Crippen molar-refractivity contribution >= 4 is 133 Å². The van der Waals surface area contributed by atoms with Crippen LogP contribution in [0.5, 0.6) is 0 Å². The molecule has 40 nitrogen and oxygen atoms in total. The summed E-state index contributed by atoms with van der Waals surface area (Å²) in [7, 11) is -5.50. The molecule has 590 valence electrons. The predicted molar refractivity (Wildman–Crippen MR) is 377 cm³/mol. The number of nitrogens with zero attached hydrogens (tertiary/aromatic N) is 2. The first-order valence-corrected chi connectivity index (χ1v) is 37.9. The summed E-state index contributed by atoms with van der Waals surface area (Å²) in [4.78, 5) is 246. The number of thiol groups is 1. The van der Waals surface area contributed by atoms with Crippen LogP contribution >= 0.6 is 32.2 Å². The van der Waals surface area contributed by atoms with E-state index in [4.69, 9.17) is 21.7 Å². The second-order valence-electron chi connectivity index (χ2n) is 26.8. The maximum atomic E-state index is 14.5. The molecule has 4 heterocycles. The zero-order chi connectivity index (χ0) is 78.4. The Morgan fingerprint density at radius 1 is 0.590 bits per heavy atom. The van der Waals surface area contributed by atoms with E-state index in [-0.39, 0.29) is 119 Å². The number of nitrogens with one attached hydrogen (secondary N) is 13. The molecule has 43 heteroatoms. The summed E-state index contributed by atoms with van der Waals surface area (Å²) < 4.78 is 16.9. The van der Waals surface area contributed by atoms with Crippen molar-refractivity contribution in [3.8, 4) is 0 Å². The molecule has 0 spiro atoms. The van der Waals surface area contributed by atoms with Gasteiger partial charge >= 0.3 is 19.8 Å². The summed E-state index contributed by atoms with van der Waals surface area (Å²) >= 11 is 5.96. The van der Waals surface area contributed by atoms with Crippen molar-refractivity contribution in [2.75, 3.05) is 57.3 Å². The monoisotopic (exact) mass is 1550 g/mol. The number of carboxylic acid groups (broad SMARTS) is 1. The molecule has 0 aliphatic carbocycles. The Labute approximate surface area is 616 Å². The molecule has 4 saturated heterocycles. The van der Waals surface area contributed by atoms with Crippen molar-refractivity contribution in [3.63, 3.8) is 0 Å². The zero-order valence-corrected chi connectivity index (χ0v) is 62.0. The Bertz CT molecular complexity index is 3190. The van der Waals surface area contributed by atoms with Crippen LogP contribution in [0.1, 0.15) is 137 Å². The Balaban J connectivity index is 1.38. The number of carbonyl (C=O) groups excluding carboxylic acids is 16. The summed E-state index contributed by atoms with van der Waals surface area (Å²) in [5.41, 5.74) is 16.4. The maximum Gasteiger partial charge on any atom is 0.469 e. The van der Waals surface area contributed by atoms with Gasteiger partial charge in [0.25, 0.3) is 0 Å². The van der Waals surface area contributed by atoms with Crippen molar-refractivity contribution in [2.24, 2.45) is 29.0 Å². The van der Waals surface area contributed by atoms with Crippen LogP contribution in [0.4, 0.5) is 4.79 Å². The number of carbonyl (C=O) groups is 17. The quantitative estimate of drug-likeness (QED) is 0.0117. The number of carboxylic acids is 1. The average molecular weight is 1550 g/mol. The number of phosphoric ester groups is 1. The van der Waals surface area contributed by atoms with Gasteiger partial charge in [0.2, 0.25) is 88.6 Å². The molecule has 22 N–H and O–H groups in total. The third kappa shape index (κ3) is 30.9. The molecule has 13 atom stereocenters. The number of aliphatic carboxylic acids is 1. The van der Waals surface area contributed by atoms with Crippen LogP contribution in [0.2, 0.25) is 0 Å². The molecule has 17 amide bonds. The molecule has 4 rings (SSSR count). The lowest BCUT2D eigenvalue weighted by atomic mass is 10.0. The van der Waals surface area contributed by atoms with Gasteiger partial charge in [0.1, 0.15) is 54.4 Å². The average Bonchev–Trinajstić information content (AvgIpc) is 1.75. The molecule has 0 bridgehead atoms. The fourth-order valence-electron chi connectivity index (χ4n) is 12.1. The second-order valence-corrected chi connectivity index (χ2v) is 29.6.